The summed E-state index contributed by atoms with van der Waals surface area (Å²) in [6, 6.07) is 18.4. The number of carbonyl (C=O) groups excluding carboxylic acids is 2. The fourth-order valence-electron chi connectivity index (χ4n) is 2.92. The van der Waals surface area contributed by atoms with Crippen LogP contribution in [0.2, 0.25) is 5.02 Å². The second-order valence-electron chi connectivity index (χ2n) is 6.61. The normalized spacial score (nSPS) is 14.2. The number of hydrogen-bond acceptors (Lipinski definition) is 3. The number of anilines is 1. The zero-order valence-corrected chi connectivity index (χ0v) is 17.2. The fourth-order valence-corrected chi connectivity index (χ4v) is 4.03. The lowest BCUT2D eigenvalue weighted by atomic mass is 10.1. The minimum Gasteiger partial charge on any atom is -0.348 e. The van der Waals surface area contributed by atoms with Crippen molar-refractivity contribution < 1.29 is 14.0 Å². The Hall–Kier alpha value is -3.09. The van der Waals surface area contributed by atoms with E-state index in [1.54, 1.807) is 42.5 Å². The van der Waals surface area contributed by atoms with Gasteiger partial charge in [-0.3, -0.25) is 9.59 Å². The molecular weight excluding hydrogens is 423 g/mol. The molecule has 0 atom stereocenters. The van der Waals surface area contributed by atoms with Crippen molar-refractivity contribution in [1.29, 1.82) is 0 Å². The third kappa shape index (κ3) is 4.56. The molecule has 0 radical (unpaired) electrons. The summed E-state index contributed by atoms with van der Waals surface area (Å²) in [5, 5.41) is 6.19. The van der Waals surface area contributed by atoms with Gasteiger partial charge >= 0.3 is 0 Å². The van der Waals surface area contributed by atoms with E-state index in [0.29, 0.717) is 21.2 Å². The molecule has 4 nitrogen and oxygen atoms in total. The number of nitrogens with one attached hydrogen (secondary N) is 2. The zero-order chi connectivity index (χ0) is 21.1. The van der Waals surface area contributed by atoms with Gasteiger partial charge in [0.2, 0.25) is 0 Å². The van der Waals surface area contributed by atoms with E-state index in [9.17, 15) is 14.0 Å². The van der Waals surface area contributed by atoms with Crippen LogP contribution in [0, 0.1) is 5.82 Å². The van der Waals surface area contributed by atoms with Gasteiger partial charge in [0.25, 0.3) is 11.8 Å². The summed E-state index contributed by atoms with van der Waals surface area (Å²) in [6.07, 6.45) is 1.74. The van der Waals surface area contributed by atoms with Gasteiger partial charge in [-0.25, -0.2) is 4.39 Å². The van der Waals surface area contributed by atoms with Crippen LogP contribution >= 0.6 is 23.4 Å². The summed E-state index contributed by atoms with van der Waals surface area (Å²) in [6.45, 7) is 0.280. The smallest absolute Gasteiger partial charge is 0.262 e. The summed E-state index contributed by atoms with van der Waals surface area (Å²) < 4.78 is 13.0. The van der Waals surface area contributed by atoms with Crippen LogP contribution in [0.3, 0.4) is 0 Å². The molecule has 7 heteroatoms. The molecule has 0 bridgehead atoms. The fraction of sp³-hybridized carbons (Fsp3) is 0.0435. The van der Waals surface area contributed by atoms with Gasteiger partial charge in [0.05, 0.1) is 10.6 Å². The SMILES string of the molecule is O=C1Nc2cc(C(=O)NCc3ccc(F)cc3)ccc2S/C1=C/c1ccccc1Cl. The van der Waals surface area contributed by atoms with Crippen molar-refractivity contribution >= 4 is 46.9 Å². The standard InChI is InChI=1S/C23H16ClFN2O2S/c24-18-4-2-1-3-15(18)12-21-23(29)27-19-11-16(7-10-20(19)30-21)22(28)26-13-14-5-8-17(25)9-6-14/h1-12H,13H2,(H,26,28)(H,27,29)/b21-12+. The molecule has 1 aliphatic rings. The van der Waals surface area contributed by atoms with E-state index in [-0.39, 0.29) is 24.2 Å². The first kappa shape index (κ1) is 20.2. The first-order chi connectivity index (χ1) is 14.5. The van der Waals surface area contributed by atoms with Crippen molar-refractivity contribution in [2.24, 2.45) is 0 Å². The largest absolute Gasteiger partial charge is 0.348 e. The first-order valence-corrected chi connectivity index (χ1v) is 10.3. The van der Waals surface area contributed by atoms with Gasteiger partial charge in [-0.1, -0.05) is 53.7 Å². The predicted molar refractivity (Wildman–Crippen MR) is 118 cm³/mol. The predicted octanol–water partition coefficient (Wildman–Crippen LogP) is 5.49. The molecule has 3 aromatic rings. The number of amides is 2. The van der Waals surface area contributed by atoms with Crippen molar-refractivity contribution in [1.82, 2.24) is 5.32 Å². The highest BCUT2D eigenvalue weighted by Gasteiger charge is 2.22. The van der Waals surface area contributed by atoms with E-state index >= 15 is 0 Å². The van der Waals surface area contributed by atoms with Gasteiger partial charge in [0.15, 0.2) is 0 Å². The van der Waals surface area contributed by atoms with Gasteiger partial charge < -0.3 is 10.6 Å². The number of rotatable bonds is 4. The molecule has 3 aromatic carbocycles. The Balaban J connectivity index is 1.49. The maximum atomic E-state index is 13.0. The highest BCUT2D eigenvalue weighted by atomic mass is 35.5. The van der Waals surface area contributed by atoms with E-state index in [1.807, 2.05) is 18.2 Å². The summed E-state index contributed by atoms with van der Waals surface area (Å²) in [4.78, 5) is 26.3. The molecule has 0 saturated carbocycles. The number of carbonyl (C=O) groups is 2. The molecule has 0 unspecified atom stereocenters. The molecular formula is C23H16ClFN2O2S. The molecule has 0 spiro atoms. The van der Waals surface area contributed by atoms with Crippen LogP contribution < -0.4 is 10.6 Å². The van der Waals surface area contributed by atoms with Crippen LogP contribution in [0.1, 0.15) is 21.5 Å². The Morgan fingerprint density at radius 1 is 1.10 bits per heavy atom. The lowest BCUT2D eigenvalue weighted by molar-refractivity contribution is -0.112. The second kappa shape index (κ2) is 8.73. The van der Waals surface area contributed by atoms with Gasteiger partial charge in [0, 0.05) is 22.0 Å². The van der Waals surface area contributed by atoms with Crippen molar-refractivity contribution in [3.63, 3.8) is 0 Å². The lowest BCUT2D eigenvalue weighted by Crippen LogP contribution is -2.23. The Morgan fingerprint density at radius 2 is 1.87 bits per heavy atom. The number of hydrogen-bond donors (Lipinski definition) is 2. The van der Waals surface area contributed by atoms with E-state index in [4.69, 9.17) is 11.6 Å². The average Bonchev–Trinajstić information content (AvgIpc) is 2.75. The molecule has 1 heterocycles. The average molecular weight is 439 g/mol. The summed E-state index contributed by atoms with van der Waals surface area (Å²) in [5.41, 5.74) is 2.56. The molecule has 30 heavy (non-hydrogen) atoms. The van der Waals surface area contributed by atoms with Crippen molar-refractivity contribution in [3.8, 4) is 0 Å². The van der Waals surface area contributed by atoms with E-state index in [0.717, 1.165) is 16.0 Å². The van der Waals surface area contributed by atoms with Crippen LogP contribution in [-0.4, -0.2) is 11.8 Å². The molecule has 2 amide bonds. The number of benzene rings is 3. The first-order valence-electron chi connectivity index (χ1n) is 9.12. The topological polar surface area (TPSA) is 58.2 Å². The molecule has 0 saturated heterocycles. The number of halogens is 2. The third-order valence-electron chi connectivity index (χ3n) is 4.49. The Morgan fingerprint density at radius 3 is 2.63 bits per heavy atom. The number of thioether (sulfide) groups is 1. The Bertz CT molecular complexity index is 1160. The van der Waals surface area contributed by atoms with Gasteiger partial charge in [-0.15, -0.1) is 0 Å². The minimum absolute atomic E-state index is 0.253. The van der Waals surface area contributed by atoms with Crippen LogP contribution in [0.5, 0.6) is 0 Å². The summed E-state index contributed by atoms with van der Waals surface area (Å²) in [7, 11) is 0. The minimum atomic E-state index is -0.323. The molecule has 150 valence electrons. The summed E-state index contributed by atoms with van der Waals surface area (Å²) in [5.74, 6) is -0.856. The second-order valence-corrected chi connectivity index (χ2v) is 8.10. The molecule has 0 aliphatic carbocycles. The van der Waals surface area contributed by atoms with Crippen molar-refractivity contribution in [2.75, 3.05) is 5.32 Å². The van der Waals surface area contributed by atoms with Gasteiger partial charge in [0.1, 0.15) is 5.82 Å². The summed E-state index contributed by atoms with van der Waals surface area (Å²) >= 11 is 7.50. The van der Waals surface area contributed by atoms with E-state index < -0.39 is 0 Å². The Labute approximate surface area is 182 Å². The van der Waals surface area contributed by atoms with Crippen LogP contribution in [0.25, 0.3) is 6.08 Å². The lowest BCUT2D eigenvalue weighted by Gasteiger charge is -2.19. The van der Waals surface area contributed by atoms with E-state index in [1.165, 1.54) is 23.9 Å². The van der Waals surface area contributed by atoms with Gasteiger partial charge in [-0.2, -0.15) is 0 Å². The monoisotopic (exact) mass is 438 g/mol. The zero-order valence-electron chi connectivity index (χ0n) is 15.6. The van der Waals surface area contributed by atoms with Crippen LogP contribution in [0.15, 0.2) is 76.5 Å². The molecule has 0 aromatic heterocycles. The highest BCUT2D eigenvalue weighted by Crippen LogP contribution is 2.39. The van der Waals surface area contributed by atoms with Crippen molar-refractivity contribution in [3.05, 3.63) is 99.2 Å². The van der Waals surface area contributed by atoms with Crippen molar-refractivity contribution in [2.45, 2.75) is 11.4 Å². The van der Waals surface area contributed by atoms with Crippen LogP contribution in [0.4, 0.5) is 10.1 Å². The van der Waals surface area contributed by atoms with Crippen LogP contribution in [-0.2, 0) is 11.3 Å². The quantitative estimate of drug-likeness (QED) is 0.529. The maximum absolute atomic E-state index is 13.0. The van der Waals surface area contributed by atoms with E-state index in [2.05, 4.69) is 10.6 Å². The molecule has 0 fully saturated rings. The third-order valence-corrected chi connectivity index (χ3v) is 5.94. The number of fused-ring (bicyclic) bond motifs is 1. The maximum Gasteiger partial charge on any atom is 0.262 e. The van der Waals surface area contributed by atoms with Gasteiger partial charge in [-0.05, 0) is 53.6 Å². The molecule has 1 aliphatic heterocycles. The Kier molecular flexibility index (Phi) is 5.88. The highest BCUT2D eigenvalue weighted by molar-refractivity contribution is 8.04. The molecule has 4 rings (SSSR count). The molecule has 2 N–H and O–H groups in total.